The molecule has 1 aromatic carbocycles. The Labute approximate surface area is 174 Å². The summed E-state index contributed by atoms with van der Waals surface area (Å²) in [6.45, 7) is 8.26. The Balaban J connectivity index is 1.37. The van der Waals surface area contributed by atoms with E-state index in [0.29, 0.717) is 6.04 Å². The molecule has 0 atom stereocenters. The molecule has 5 nitrogen and oxygen atoms in total. The standard InChI is InChI=1S/C24H33N3O2/c1-18-10-13-25-19(2)23(18)24(28)11-8-20(9-12-24)26-14-16-27(17-15-26)21-6-4-5-7-22(21)29-3/h4-7,10,13,20,28H,8-9,11-12,14-17H2,1-3H3. The van der Waals surface area contributed by atoms with Crippen LogP contribution in [0.5, 0.6) is 5.75 Å². The zero-order chi connectivity index (χ0) is 20.4. The van der Waals surface area contributed by atoms with Crippen molar-refractivity contribution in [1.82, 2.24) is 9.88 Å². The molecule has 4 rings (SSSR count). The van der Waals surface area contributed by atoms with Crippen LogP contribution in [0.1, 0.15) is 42.5 Å². The lowest BCUT2D eigenvalue weighted by molar-refractivity contribution is -0.0269. The Morgan fingerprint density at radius 2 is 1.72 bits per heavy atom. The molecule has 0 unspecified atom stereocenters. The van der Waals surface area contributed by atoms with Crippen molar-refractivity contribution >= 4 is 5.69 Å². The summed E-state index contributed by atoms with van der Waals surface area (Å²) in [5, 5.41) is 11.4. The van der Waals surface area contributed by atoms with E-state index in [1.54, 1.807) is 7.11 Å². The number of hydrogen-bond donors (Lipinski definition) is 1. The predicted molar refractivity (Wildman–Crippen MR) is 117 cm³/mol. The first-order valence-corrected chi connectivity index (χ1v) is 10.8. The molecule has 1 aliphatic heterocycles. The third-order valence-corrected chi connectivity index (χ3v) is 6.85. The lowest BCUT2D eigenvalue weighted by Gasteiger charge is -2.45. The minimum absolute atomic E-state index is 0.562. The number of anilines is 1. The molecule has 2 aliphatic rings. The van der Waals surface area contributed by atoms with Crippen LogP contribution in [-0.2, 0) is 5.60 Å². The molecule has 5 heteroatoms. The number of ether oxygens (including phenoxy) is 1. The van der Waals surface area contributed by atoms with E-state index in [0.717, 1.165) is 74.4 Å². The molecule has 2 fully saturated rings. The summed E-state index contributed by atoms with van der Waals surface area (Å²) in [7, 11) is 1.74. The van der Waals surface area contributed by atoms with Crippen LogP contribution in [0.25, 0.3) is 0 Å². The van der Waals surface area contributed by atoms with Crippen LogP contribution >= 0.6 is 0 Å². The van der Waals surface area contributed by atoms with Crippen LogP contribution in [0.2, 0.25) is 0 Å². The number of pyridine rings is 1. The van der Waals surface area contributed by atoms with Gasteiger partial charge in [-0.15, -0.1) is 0 Å². The summed E-state index contributed by atoms with van der Waals surface area (Å²) < 4.78 is 5.54. The molecule has 29 heavy (non-hydrogen) atoms. The number of aryl methyl sites for hydroxylation is 2. The zero-order valence-corrected chi connectivity index (χ0v) is 17.9. The monoisotopic (exact) mass is 395 g/mol. The van der Waals surface area contributed by atoms with Gasteiger partial charge in [-0.05, 0) is 63.3 Å². The van der Waals surface area contributed by atoms with E-state index in [-0.39, 0.29) is 0 Å². The smallest absolute Gasteiger partial charge is 0.142 e. The highest BCUT2D eigenvalue weighted by molar-refractivity contribution is 5.58. The molecule has 1 saturated heterocycles. The molecular formula is C24H33N3O2. The molecule has 2 heterocycles. The average molecular weight is 396 g/mol. The Morgan fingerprint density at radius 1 is 1.03 bits per heavy atom. The zero-order valence-electron chi connectivity index (χ0n) is 17.9. The van der Waals surface area contributed by atoms with Crippen molar-refractivity contribution in [1.29, 1.82) is 0 Å². The second-order valence-electron chi connectivity index (χ2n) is 8.55. The van der Waals surface area contributed by atoms with Gasteiger partial charge in [0.2, 0.25) is 0 Å². The van der Waals surface area contributed by atoms with E-state index >= 15 is 0 Å². The summed E-state index contributed by atoms with van der Waals surface area (Å²) in [4.78, 5) is 9.48. The molecule has 0 radical (unpaired) electrons. The third-order valence-electron chi connectivity index (χ3n) is 6.85. The van der Waals surface area contributed by atoms with E-state index < -0.39 is 5.60 Å². The van der Waals surface area contributed by atoms with Gasteiger partial charge in [-0.1, -0.05) is 12.1 Å². The lowest BCUT2D eigenvalue weighted by atomic mass is 9.75. The molecule has 1 aliphatic carbocycles. The van der Waals surface area contributed by atoms with E-state index in [2.05, 4.69) is 33.8 Å². The van der Waals surface area contributed by atoms with Crippen molar-refractivity contribution in [3.63, 3.8) is 0 Å². The van der Waals surface area contributed by atoms with Gasteiger partial charge in [0.05, 0.1) is 18.4 Å². The van der Waals surface area contributed by atoms with Crippen molar-refractivity contribution < 1.29 is 9.84 Å². The number of rotatable bonds is 4. The van der Waals surface area contributed by atoms with Crippen LogP contribution in [-0.4, -0.2) is 54.3 Å². The average Bonchev–Trinajstić information content (AvgIpc) is 2.74. The van der Waals surface area contributed by atoms with Gasteiger partial charge in [-0.25, -0.2) is 0 Å². The minimum atomic E-state index is -0.724. The Morgan fingerprint density at radius 3 is 2.38 bits per heavy atom. The van der Waals surface area contributed by atoms with Crippen LogP contribution in [0.3, 0.4) is 0 Å². The highest BCUT2D eigenvalue weighted by Crippen LogP contribution is 2.41. The molecule has 1 saturated carbocycles. The maximum absolute atomic E-state index is 11.4. The summed E-state index contributed by atoms with van der Waals surface area (Å²) in [5.41, 5.74) is 3.65. The second-order valence-corrected chi connectivity index (χ2v) is 8.55. The van der Waals surface area contributed by atoms with E-state index in [1.807, 2.05) is 31.3 Å². The van der Waals surface area contributed by atoms with Crippen molar-refractivity contribution in [2.24, 2.45) is 0 Å². The van der Waals surface area contributed by atoms with Gasteiger partial charge in [0.15, 0.2) is 0 Å². The van der Waals surface area contributed by atoms with Gasteiger partial charge < -0.3 is 14.7 Å². The normalized spacial score (nSPS) is 25.8. The SMILES string of the molecule is COc1ccccc1N1CCN(C2CCC(O)(c3c(C)ccnc3C)CC2)CC1. The van der Waals surface area contributed by atoms with Crippen LogP contribution in [0, 0.1) is 13.8 Å². The Kier molecular flexibility index (Phi) is 5.79. The number of para-hydroxylation sites is 2. The van der Waals surface area contributed by atoms with Crippen molar-refractivity contribution in [3.05, 3.63) is 53.3 Å². The topological polar surface area (TPSA) is 48.8 Å². The first-order chi connectivity index (χ1) is 14.0. The van der Waals surface area contributed by atoms with Crippen LogP contribution in [0.4, 0.5) is 5.69 Å². The van der Waals surface area contributed by atoms with Gasteiger partial charge in [-0.3, -0.25) is 9.88 Å². The van der Waals surface area contributed by atoms with Gasteiger partial charge in [0.1, 0.15) is 5.75 Å². The van der Waals surface area contributed by atoms with Crippen LogP contribution < -0.4 is 9.64 Å². The van der Waals surface area contributed by atoms with Crippen molar-refractivity contribution in [2.75, 3.05) is 38.2 Å². The molecule has 2 aromatic rings. The van der Waals surface area contributed by atoms with E-state index in [4.69, 9.17) is 4.74 Å². The molecular weight excluding hydrogens is 362 g/mol. The molecule has 156 valence electrons. The number of methoxy groups -OCH3 is 1. The molecule has 1 N–H and O–H groups in total. The predicted octanol–water partition coefficient (Wildman–Crippen LogP) is 3.66. The number of nitrogens with zero attached hydrogens (tertiary/aromatic N) is 3. The summed E-state index contributed by atoms with van der Waals surface area (Å²) in [6.07, 6.45) is 5.55. The van der Waals surface area contributed by atoms with E-state index in [9.17, 15) is 5.11 Å². The molecule has 1 aromatic heterocycles. The maximum Gasteiger partial charge on any atom is 0.142 e. The quantitative estimate of drug-likeness (QED) is 0.856. The number of aromatic nitrogens is 1. The number of benzene rings is 1. The first kappa shape index (κ1) is 20.2. The minimum Gasteiger partial charge on any atom is -0.495 e. The summed E-state index contributed by atoms with van der Waals surface area (Å²) >= 11 is 0. The third kappa shape index (κ3) is 3.99. The van der Waals surface area contributed by atoms with Gasteiger partial charge in [0, 0.05) is 49.7 Å². The van der Waals surface area contributed by atoms with Gasteiger partial charge >= 0.3 is 0 Å². The van der Waals surface area contributed by atoms with Gasteiger partial charge in [0.25, 0.3) is 0 Å². The Hall–Kier alpha value is -2.11. The molecule has 0 spiro atoms. The highest BCUT2D eigenvalue weighted by Gasteiger charge is 2.39. The lowest BCUT2D eigenvalue weighted by Crippen LogP contribution is -2.52. The fourth-order valence-corrected chi connectivity index (χ4v) is 5.31. The van der Waals surface area contributed by atoms with E-state index in [1.165, 1.54) is 5.69 Å². The maximum atomic E-state index is 11.4. The highest BCUT2D eigenvalue weighted by atomic mass is 16.5. The Bertz CT molecular complexity index is 818. The summed E-state index contributed by atoms with van der Waals surface area (Å²) in [6, 6.07) is 10.9. The fourth-order valence-electron chi connectivity index (χ4n) is 5.31. The van der Waals surface area contributed by atoms with Crippen LogP contribution in [0.15, 0.2) is 36.5 Å². The first-order valence-electron chi connectivity index (χ1n) is 10.8. The summed E-state index contributed by atoms with van der Waals surface area (Å²) in [5.74, 6) is 0.950. The number of piperazine rings is 1. The molecule has 0 amide bonds. The van der Waals surface area contributed by atoms with Gasteiger partial charge in [-0.2, -0.15) is 0 Å². The number of aliphatic hydroxyl groups is 1. The molecule has 0 bridgehead atoms. The second kappa shape index (κ2) is 8.33. The largest absolute Gasteiger partial charge is 0.495 e. The number of hydrogen-bond acceptors (Lipinski definition) is 5. The fraction of sp³-hybridized carbons (Fsp3) is 0.542. The van der Waals surface area contributed by atoms with Crippen molar-refractivity contribution in [3.8, 4) is 5.75 Å². The van der Waals surface area contributed by atoms with Crippen molar-refractivity contribution in [2.45, 2.75) is 51.2 Å².